The number of furan rings is 1. The van der Waals surface area contributed by atoms with Crippen LogP contribution >= 0.6 is 46.8 Å². The second kappa shape index (κ2) is 10.1. The van der Waals surface area contributed by atoms with Crippen molar-refractivity contribution in [2.45, 2.75) is 25.7 Å². The van der Waals surface area contributed by atoms with E-state index in [1.807, 2.05) is 0 Å². The fourth-order valence-corrected chi connectivity index (χ4v) is 5.75. The van der Waals surface area contributed by atoms with E-state index in [9.17, 15) is 9.59 Å². The second-order valence-corrected chi connectivity index (χ2v) is 9.80. The molecular formula is C23H19Cl2N3O3S2. The molecule has 0 atom stereocenters. The van der Waals surface area contributed by atoms with E-state index in [1.165, 1.54) is 23.5 Å². The molecule has 170 valence electrons. The SMILES string of the molecule is NC(=O)c1c(NC(=S)NC(=O)/C=C/c2ccc(-c3cc(Cl)cc(Cl)c3)o2)sc2c1CCCC2. The van der Waals surface area contributed by atoms with E-state index in [0.717, 1.165) is 41.7 Å². The van der Waals surface area contributed by atoms with Crippen LogP contribution < -0.4 is 16.4 Å². The highest BCUT2D eigenvalue weighted by Crippen LogP contribution is 2.37. The molecule has 0 saturated heterocycles. The lowest BCUT2D eigenvalue weighted by Gasteiger charge is -2.11. The van der Waals surface area contributed by atoms with Gasteiger partial charge in [-0.3, -0.25) is 14.9 Å². The average Bonchev–Trinajstić information content (AvgIpc) is 3.35. The molecule has 2 heterocycles. The van der Waals surface area contributed by atoms with Crippen LogP contribution in [0.1, 0.15) is 39.4 Å². The summed E-state index contributed by atoms with van der Waals surface area (Å²) in [6.45, 7) is 0. The Hall–Kier alpha value is -2.65. The van der Waals surface area contributed by atoms with E-state index >= 15 is 0 Å². The first-order chi connectivity index (χ1) is 15.8. The van der Waals surface area contributed by atoms with Crippen molar-refractivity contribution >= 4 is 74.8 Å². The summed E-state index contributed by atoms with van der Waals surface area (Å²) in [5.74, 6) is 0.0908. The van der Waals surface area contributed by atoms with E-state index in [1.54, 1.807) is 30.3 Å². The minimum atomic E-state index is -0.500. The number of rotatable bonds is 5. The summed E-state index contributed by atoms with van der Waals surface area (Å²) in [5, 5.41) is 7.17. The van der Waals surface area contributed by atoms with Gasteiger partial charge in [0.05, 0.1) is 5.56 Å². The van der Waals surface area contributed by atoms with Crippen molar-refractivity contribution in [1.82, 2.24) is 5.32 Å². The number of primary amides is 1. The predicted molar refractivity (Wildman–Crippen MR) is 137 cm³/mol. The number of thiocarbonyl (C=S) groups is 1. The summed E-state index contributed by atoms with van der Waals surface area (Å²) in [6.07, 6.45) is 6.66. The number of anilines is 1. The van der Waals surface area contributed by atoms with Gasteiger partial charge in [-0.05, 0) is 79.9 Å². The maximum atomic E-state index is 12.3. The molecule has 1 aliphatic carbocycles. The first kappa shape index (κ1) is 23.5. The number of nitrogens with two attached hydrogens (primary N) is 1. The Morgan fingerprint density at radius 1 is 1.12 bits per heavy atom. The van der Waals surface area contributed by atoms with Gasteiger partial charge in [0.25, 0.3) is 5.91 Å². The van der Waals surface area contributed by atoms with Crippen LogP contribution in [0.25, 0.3) is 17.4 Å². The number of carbonyl (C=O) groups excluding carboxylic acids is 2. The molecule has 0 bridgehead atoms. The van der Waals surface area contributed by atoms with Gasteiger partial charge in [0.2, 0.25) is 5.91 Å². The fourth-order valence-electron chi connectivity index (χ4n) is 3.65. The topological polar surface area (TPSA) is 97.4 Å². The van der Waals surface area contributed by atoms with Gasteiger partial charge in [-0.25, -0.2) is 0 Å². The standard InChI is InChI=1S/C23H19Cl2N3O3S2/c24-13-9-12(10-14(25)11-13)17-7-5-15(31-17)6-8-19(29)27-23(32)28-22-20(21(26)30)16-3-1-2-4-18(16)33-22/h5-11H,1-4H2,(H2,26,30)(H2,27,28,29,32)/b8-6+. The summed E-state index contributed by atoms with van der Waals surface area (Å²) in [5.41, 5.74) is 7.78. The third-order valence-corrected chi connectivity index (χ3v) is 6.90. The fraction of sp³-hybridized carbons (Fsp3) is 0.174. The molecule has 0 unspecified atom stereocenters. The summed E-state index contributed by atoms with van der Waals surface area (Å²) < 4.78 is 5.74. The van der Waals surface area contributed by atoms with E-state index in [0.29, 0.717) is 32.1 Å². The highest BCUT2D eigenvalue weighted by Gasteiger charge is 2.24. The summed E-state index contributed by atoms with van der Waals surface area (Å²) in [7, 11) is 0. The smallest absolute Gasteiger partial charge is 0.251 e. The minimum Gasteiger partial charge on any atom is -0.457 e. The summed E-state index contributed by atoms with van der Waals surface area (Å²) >= 11 is 18.8. The van der Waals surface area contributed by atoms with Crippen molar-refractivity contribution in [2.75, 3.05) is 5.32 Å². The van der Waals surface area contributed by atoms with Crippen LogP contribution in [-0.2, 0) is 17.6 Å². The predicted octanol–water partition coefficient (Wildman–Crippen LogP) is 5.82. The first-order valence-electron chi connectivity index (χ1n) is 10.1. The van der Waals surface area contributed by atoms with Crippen molar-refractivity contribution in [3.05, 3.63) is 68.2 Å². The minimum absolute atomic E-state index is 0.0828. The number of thiophene rings is 1. The molecule has 0 fully saturated rings. The molecule has 6 nitrogen and oxygen atoms in total. The van der Waals surface area contributed by atoms with Gasteiger partial charge in [0, 0.05) is 26.6 Å². The number of hydrogen-bond acceptors (Lipinski definition) is 5. The van der Waals surface area contributed by atoms with Crippen LogP contribution in [0.2, 0.25) is 10.0 Å². The van der Waals surface area contributed by atoms with Gasteiger partial charge in [-0.2, -0.15) is 0 Å². The van der Waals surface area contributed by atoms with E-state index in [2.05, 4.69) is 10.6 Å². The number of carbonyl (C=O) groups is 2. The highest BCUT2D eigenvalue weighted by molar-refractivity contribution is 7.80. The molecule has 0 saturated carbocycles. The zero-order chi connectivity index (χ0) is 23.5. The normalized spacial score (nSPS) is 13.0. The van der Waals surface area contributed by atoms with Crippen LogP contribution in [0.15, 0.2) is 40.8 Å². The maximum Gasteiger partial charge on any atom is 0.251 e. The number of benzene rings is 1. The highest BCUT2D eigenvalue weighted by atomic mass is 35.5. The molecule has 2 aromatic heterocycles. The van der Waals surface area contributed by atoms with E-state index < -0.39 is 11.8 Å². The number of halogens is 2. The van der Waals surface area contributed by atoms with E-state index in [4.69, 9.17) is 45.6 Å². The van der Waals surface area contributed by atoms with Crippen molar-refractivity contribution < 1.29 is 14.0 Å². The van der Waals surface area contributed by atoms with Crippen LogP contribution in [-0.4, -0.2) is 16.9 Å². The Kier molecular flexibility index (Phi) is 7.19. The molecule has 1 aromatic carbocycles. The number of hydrogen-bond donors (Lipinski definition) is 3. The lowest BCUT2D eigenvalue weighted by atomic mass is 9.95. The molecule has 10 heteroatoms. The van der Waals surface area contributed by atoms with Gasteiger partial charge in [0.1, 0.15) is 16.5 Å². The Bertz CT molecular complexity index is 1260. The molecule has 3 aromatic rings. The van der Waals surface area contributed by atoms with Crippen molar-refractivity contribution in [2.24, 2.45) is 5.73 Å². The summed E-state index contributed by atoms with van der Waals surface area (Å²) in [4.78, 5) is 25.4. The third kappa shape index (κ3) is 5.65. The number of amides is 2. The molecule has 1 aliphatic rings. The molecule has 0 radical (unpaired) electrons. The van der Waals surface area contributed by atoms with E-state index in [-0.39, 0.29) is 5.11 Å². The Morgan fingerprint density at radius 2 is 1.85 bits per heavy atom. The molecule has 0 spiro atoms. The third-order valence-electron chi connectivity index (χ3n) is 5.05. The van der Waals surface area contributed by atoms with Gasteiger partial charge in [-0.15, -0.1) is 11.3 Å². The van der Waals surface area contributed by atoms with Gasteiger partial charge in [0.15, 0.2) is 5.11 Å². The first-order valence-corrected chi connectivity index (χ1v) is 12.1. The van der Waals surface area contributed by atoms with Crippen molar-refractivity contribution in [3.8, 4) is 11.3 Å². The quantitative estimate of drug-likeness (QED) is 0.291. The van der Waals surface area contributed by atoms with Crippen molar-refractivity contribution in [1.29, 1.82) is 0 Å². The summed E-state index contributed by atoms with van der Waals surface area (Å²) in [6, 6.07) is 8.59. The van der Waals surface area contributed by atoms with Crippen LogP contribution in [0, 0.1) is 0 Å². The second-order valence-electron chi connectivity index (χ2n) is 7.42. The monoisotopic (exact) mass is 519 g/mol. The van der Waals surface area contributed by atoms with Gasteiger partial charge in [-0.1, -0.05) is 23.2 Å². The van der Waals surface area contributed by atoms with Crippen LogP contribution in [0.5, 0.6) is 0 Å². The maximum absolute atomic E-state index is 12.3. The Morgan fingerprint density at radius 3 is 2.58 bits per heavy atom. The molecule has 33 heavy (non-hydrogen) atoms. The molecule has 2 amide bonds. The van der Waals surface area contributed by atoms with Gasteiger partial charge >= 0.3 is 0 Å². The number of nitrogens with one attached hydrogen (secondary N) is 2. The van der Waals surface area contributed by atoms with Crippen LogP contribution in [0.3, 0.4) is 0 Å². The molecule has 4 rings (SSSR count). The average molecular weight is 520 g/mol. The Balaban J connectivity index is 1.39. The lowest BCUT2D eigenvalue weighted by molar-refractivity contribution is -0.115. The van der Waals surface area contributed by atoms with Crippen LogP contribution in [0.4, 0.5) is 5.00 Å². The zero-order valence-corrected chi connectivity index (χ0v) is 20.4. The largest absolute Gasteiger partial charge is 0.457 e. The van der Waals surface area contributed by atoms with Gasteiger partial charge < -0.3 is 15.5 Å². The number of fused-ring (bicyclic) bond motifs is 1. The molecule has 4 N–H and O–H groups in total. The molecular weight excluding hydrogens is 501 g/mol. The Labute approximate surface area is 209 Å². The van der Waals surface area contributed by atoms with Crippen molar-refractivity contribution in [3.63, 3.8) is 0 Å². The molecule has 0 aliphatic heterocycles. The lowest BCUT2D eigenvalue weighted by Crippen LogP contribution is -2.33. The number of aryl methyl sites for hydroxylation is 1. The zero-order valence-electron chi connectivity index (χ0n) is 17.2.